The van der Waals surface area contributed by atoms with Gasteiger partial charge in [-0.2, -0.15) is 26.3 Å². The van der Waals surface area contributed by atoms with Crippen molar-refractivity contribution in [3.05, 3.63) is 190 Å². The summed E-state index contributed by atoms with van der Waals surface area (Å²) in [6.45, 7) is 2.46. The summed E-state index contributed by atoms with van der Waals surface area (Å²) in [6, 6.07) is 28.7. The first-order valence-corrected chi connectivity index (χ1v) is 25.1. The van der Waals surface area contributed by atoms with Crippen molar-refractivity contribution in [1.82, 2.24) is 0 Å². The predicted octanol–water partition coefficient (Wildman–Crippen LogP) is 13.0. The van der Waals surface area contributed by atoms with Crippen molar-refractivity contribution in [2.75, 3.05) is 15.7 Å². The molecule has 6 aromatic carbocycles. The third-order valence-corrected chi connectivity index (χ3v) is 17.3. The van der Waals surface area contributed by atoms with Gasteiger partial charge < -0.3 is 9.84 Å². The van der Waals surface area contributed by atoms with Gasteiger partial charge in [-0.1, -0.05) is 48.5 Å². The van der Waals surface area contributed by atoms with Crippen LogP contribution in [0, 0.1) is 25.5 Å². The van der Waals surface area contributed by atoms with Crippen LogP contribution in [-0.4, -0.2) is 41.0 Å². The fourth-order valence-corrected chi connectivity index (χ4v) is 13.2. The van der Waals surface area contributed by atoms with Gasteiger partial charge in [0, 0.05) is 9.40 Å². The number of anilines is 2. The zero-order valence-electron chi connectivity index (χ0n) is 37.0. The fraction of sp³-hybridized carbons (Fsp3) is 0.143. The first kappa shape index (κ1) is 52.0. The van der Waals surface area contributed by atoms with Gasteiger partial charge >= 0.3 is 24.3 Å². The predicted molar refractivity (Wildman–Crippen MR) is 254 cm³/mol. The molecule has 0 bridgehead atoms. The summed E-state index contributed by atoms with van der Waals surface area (Å²) >= 11 is 2.32. The van der Waals surface area contributed by atoms with Crippen LogP contribution in [0.4, 0.5) is 45.1 Å². The molecule has 8 rings (SSSR count). The molecule has 0 radical (unpaired) electrons. The number of thiophene rings is 2. The maximum absolute atomic E-state index is 13.9. The Morgan fingerprint density at radius 1 is 0.563 bits per heavy atom. The van der Waals surface area contributed by atoms with Gasteiger partial charge in [0.05, 0.1) is 52.2 Å². The molecule has 0 fully saturated rings. The van der Waals surface area contributed by atoms with Crippen LogP contribution in [0.1, 0.15) is 54.1 Å². The van der Waals surface area contributed by atoms with E-state index in [1.807, 2.05) is 12.1 Å². The van der Waals surface area contributed by atoms with Gasteiger partial charge in [0.25, 0.3) is 20.0 Å². The van der Waals surface area contributed by atoms with Crippen molar-refractivity contribution in [2.45, 2.75) is 49.1 Å². The van der Waals surface area contributed by atoms with E-state index < -0.39 is 80.2 Å². The summed E-state index contributed by atoms with van der Waals surface area (Å²) < 4.78 is 171. The highest BCUT2D eigenvalue weighted by atomic mass is 32.2. The molecule has 0 saturated carbocycles. The third kappa shape index (κ3) is 10.9. The average Bonchev–Trinajstić information content (AvgIpc) is 3.84. The van der Waals surface area contributed by atoms with Gasteiger partial charge in [0.15, 0.2) is 0 Å². The normalized spacial score (nSPS) is 12.1. The molecular weight excluding hydrogens is 1020 g/mol. The van der Waals surface area contributed by atoms with Crippen LogP contribution >= 0.6 is 22.7 Å². The van der Waals surface area contributed by atoms with Gasteiger partial charge in [-0.25, -0.2) is 35.2 Å². The SMILES string of the molecule is COC(=O)c1ccc(S(=O)(=O)N(Cc2ccc(F)c(C(F)(F)F)c2)c2sc3ccccc3c2C)cc1.Cc1c(N(Cc2ccc(F)c(C(F)(F)F)c2)S(=O)(=O)c2ccc(C(=O)O)cc2)sc2ccccc12. The molecule has 1 N–H and O–H groups in total. The zero-order valence-corrected chi connectivity index (χ0v) is 40.2. The molecule has 370 valence electrons. The Bertz CT molecular complexity index is 3540. The molecule has 0 amide bonds. The minimum atomic E-state index is -4.95. The lowest BCUT2D eigenvalue weighted by atomic mass is 10.1. The van der Waals surface area contributed by atoms with Crippen LogP contribution in [0.25, 0.3) is 20.2 Å². The van der Waals surface area contributed by atoms with E-state index in [9.17, 15) is 61.5 Å². The number of aromatic carboxylic acids is 1. The van der Waals surface area contributed by atoms with E-state index in [1.54, 1.807) is 50.2 Å². The topological polar surface area (TPSA) is 138 Å². The van der Waals surface area contributed by atoms with Gasteiger partial charge in [-0.3, -0.25) is 8.61 Å². The molecule has 0 saturated heterocycles. The van der Waals surface area contributed by atoms with Crippen molar-refractivity contribution in [3.63, 3.8) is 0 Å². The second-order valence-electron chi connectivity index (χ2n) is 15.5. The van der Waals surface area contributed by atoms with E-state index in [0.29, 0.717) is 40.4 Å². The number of carbonyl (C=O) groups excluding carboxylic acids is 1. The smallest absolute Gasteiger partial charge is 0.419 e. The first-order chi connectivity index (χ1) is 33.3. The Labute approximate surface area is 408 Å². The van der Waals surface area contributed by atoms with Crippen molar-refractivity contribution < 1.29 is 71.4 Å². The number of carboxylic acids is 1. The molecular formula is C49H36F8N2O8S4. The summed E-state index contributed by atoms with van der Waals surface area (Å²) in [6.07, 6.45) is -9.90. The number of fused-ring (bicyclic) bond motifs is 2. The Balaban J connectivity index is 0.000000209. The Morgan fingerprint density at radius 3 is 1.27 bits per heavy atom. The Kier molecular flexibility index (Phi) is 14.7. The largest absolute Gasteiger partial charge is 0.478 e. The summed E-state index contributed by atoms with van der Waals surface area (Å²) in [5.41, 5.74) is -1.84. The van der Waals surface area contributed by atoms with Gasteiger partial charge in [-0.05, 0) is 132 Å². The molecule has 10 nitrogen and oxygen atoms in total. The minimum absolute atomic E-state index is 0.0460. The molecule has 0 unspecified atom stereocenters. The quantitative estimate of drug-likeness (QED) is 0.0943. The van der Waals surface area contributed by atoms with Gasteiger partial charge in [-0.15, -0.1) is 22.7 Å². The number of benzene rings is 6. The highest BCUT2D eigenvalue weighted by Gasteiger charge is 2.37. The molecule has 0 atom stereocenters. The lowest BCUT2D eigenvalue weighted by Crippen LogP contribution is -2.30. The summed E-state index contributed by atoms with van der Waals surface area (Å²) in [5.74, 6) is -4.80. The lowest BCUT2D eigenvalue weighted by Gasteiger charge is -2.24. The van der Waals surface area contributed by atoms with E-state index in [-0.39, 0.29) is 37.0 Å². The van der Waals surface area contributed by atoms with Crippen molar-refractivity contribution in [3.8, 4) is 0 Å². The zero-order chi connectivity index (χ0) is 51.8. The van der Waals surface area contributed by atoms with E-state index in [1.165, 1.54) is 42.7 Å². The molecule has 0 spiro atoms. The number of aryl methyl sites for hydroxylation is 2. The monoisotopic (exact) mass is 1060 g/mol. The molecule has 0 aliphatic heterocycles. The van der Waals surface area contributed by atoms with Gasteiger partial charge in [0.1, 0.15) is 21.6 Å². The van der Waals surface area contributed by atoms with Crippen molar-refractivity contribution in [1.29, 1.82) is 0 Å². The third-order valence-electron chi connectivity index (χ3n) is 11.0. The van der Waals surface area contributed by atoms with E-state index in [2.05, 4.69) is 4.74 Å². The number of rotatable bonds is 12. The summed E-state index contributed by atoms with van der Waals surface area (Å²) in [5, 5.41) is 11.3. The molecule has 0 aliphatic carbocycles. The van der Waals surface area contributed by atoms with Crippen LogP contribution in [0.2, 0.25) is 0 Å². The van der Waals surface area contributed by atoms with Crippen LogP contribution in [0.15, 0.2) is 143 Å². The second kappa shape index (κ2) is 20.1. The number of halogens is 8. The molecule has 2 aromatic heterocycles. The van der Waals surface area contributed by atoms with Crippen LogP contribution in [-0.2, 0) is 50.2 Å². The number of carbonyl (C=O) groups is 2. The number of methoxy groups -OCH3 is 1. The number of hydrogen-bond acceptors (Lipinski definition) is 9. The lowest BCUT2D eigenvalue weighted by molar-refractivity contribution is -0.140. The number of alkyl halides is 6. The molecule has 8 aromatic rings. The minimum Gasteiger partial charge on any atom is -0.478 e. The molecule has 0 aliphatic rings. The number of sulfonamides is 2. The maximum atomic E-state index is 13.9. The number of hydrogen-bond donors (Lipinski definition) is 1. The van der Waals surface area contributed by atoms with Crippen LogP contribution < -0.4 is 8.61 Å². The first-order valence-electron chi connectivity index (χ1n) is 20.6. The highest BCUT2D eigenvalue weighted by Crippen LogP contribution is 2.43. The molecule has 71 heavy (non-hydrogen) atoms. The summed E-state index contributed by atoms with van der Waals surface area (Å²) in [7, 11) is -7.47. The number of ether oxygens (including phenoxy) is 1. The van der Waals surface area contributed by atoms with Crippen molar-refractivity contribution in [2.24, 2.45) is 0 Å². The summed E-state index contributed by atoms with van der Waals surface area (Å²) in [4.78, 5) is 22.5. The maximum Gasteiger partial charge on any atom is 0.419 e. The van der Waals surface area contributed by atoms with Crippen molar-refractivity contribution >= 4 is 84.8 Å². The highest BCUT2D eigenvalue weighted by molar-refractivity contribution is 7.93. The molecule has 22 heteroatoms. The average molecular weight is 1060 g/mol. The van der Waals surface area contributed by atoms with Crippen LogP contribution in [0.3, 0.4) is 0 Å². The number of nitrogens with zero attached hydrogens (tertiary/aromatic N) is 2. The van der Waals surface area contributed by atoms with E-state index in [4.69, 9.17) is 5.11 Å². The number of carboxylic acid groups (broad SMARTS) is 1. The number of esters is 1. The van der Waals surface area contributed by atoms with Crippen LogP contribution in [0.5, 0.6) is 0 Å². The molecule has 2 heterocycles. The second-order valence-corrected chi connectivity index (χ2v) is 21.3. The van der Waals surface area contributed by atoms with E-state index >= 15 is 0 Å². The Hall–Kier alpha value is -6.88. The standard InChI is InChI=1S/C25H19F4NO4S2.C24H17F4NO4S2/c1-15-19-5-3-4-6-22(19)35-23(15)30(14-16-7-12-21(26)20(13-16)25(27,28)29)36(32,33)18-10-8-17(9-11-18)24(31)34-2;1-14-18-4-2-3-5-21(18)34-22(14)29(13-15-6-11-20(25)19(12-15)24(26,27)28)35(32,33)17-9-7-16(8-10-17)23(30)31/h3-13H,14H2,1-2H3;2-12H,13H2,1H3,(H,30,31). The van der Waals surface area contributed by atoms with Gasteiger partial charge in [0.2, 0.25) is 0 Å². The fourth-order valence-electron chi connectivity index (χ4n) is 7.34. The Morgan fingerprint density at radius 2 is 0.930 bits per heavy atom. The van der Waals surface area contributed by atoms with E-state index in [0.717, 1.165) is 76.5 Å².